The lowest BCUT2D eigenvalue weighted by molar-refractivity contribution is -0.142. The van der Waals surface area contributed by atoms with Crippen molar-refractivity contribution in [3.05, 3.63) is 0 Å². The van der Waals surface area contributed by atoms with E-state index in [9.17, 15) is 24.3 Å². The number of nitrogens with one attached hydrogen (secondary N) is 3. The zero-order chi connectivity index (χ0) is 22.6. The lowest BCUT2D eigenvalue weighted by atomic mass is 10.0. The van der Waals surface area contributed by atoms with Crippen LogP contribution in [0.4, 0.5) is 0 Å². The second kappa shape index (κ2) is 14.5. The van der Waals surface area contributed by atoms with Crippen LogP contribution in [0, 0.1) is 5.92 Å². The molecule has 0 aromatic rings. The number of carboxylic acids is 1. The summed E-state index contributed by atoms with van der Waals surface area (Å²) in [5, 5.41) is 17.1. The molecule has 3 amide bonds. The molecule has 0 aromatic heterocycles. The Morgan fingerprint density at radius 2 is 1.31 bits per heavy atom. The summed E-state index contributed by atoms with van der Waals surface area (Å²) in [6.07, 6.45) is 4.39. The third-order valence-corrected chi connectivity index (χ3v) is 5.42. The molecule has 4 atom stereocenters. The molecular formula is C18H34N4O5S2. The summed E-state index contributed by atoms with van der Waals surface area (Å²) in [4.78, 5) is 48.7. The summed E-state index contributed by atoms with van der Waals surface area (Å²) in [5.41, 5.74) is 5.56. The molecule has 0 radical (unpaired) electrons. The van der Waals surface area contributed by atoms with Gasteiger partial charge in [-0.3, -0.25) is 14.4 Å². The van der Waals surface area contributed by atoms with Crippen molar-refractivity contribution in [1.29, 1.82) is 0 Å². The van der Waals surface area contributed by atoms with E-state index in [0.717, 1.165) is 0 Å². The number of hydrogen-bond acceptors (Lipinski definition) is 7. The molecule has 0 rings (SSSR count). The van der Waals surface area contributed by atoms with E-state index in [4.69, 9.17) is 5.73 Å². The van der Waals surface area contributed by atoms with E-state index in [1.807, 2.05) is 12.5 Å². The molecule has 0 aliphatic rings. The van der Waals surface area contributed by atoms with Gasteiger partial charge in [-0.25, -0.2) is 4.79 Å². The number of carbonyl (C=O) groups is 4. The molecule has 0 saturated carbocycles. The van der Waals surface area contributed by atoms with Crippen LogP contribution in [0.3, 0.4) is 0 Å². The van der Waals surface area contributed by atoms with Crippen molar-refractivity contribution in [2.75, 3.05) is 24.0 Å². The van der Waals surface area contributed by atoms with Crippen molar-refractivity contribution in [2.45, 2.75) is 57.8 Å². The maximum atomic E-state index is 12.7. The maximum Gasteiger partial charge on any atom is 0.326 e. The van der Waals surface area contributed by atoms with Gasteiger partial charge >= 0.3 is 5.97 Å². The Balaban J connectivity index is 5.24. The molecule has 11 heteroatoms. The van der Waals surface area contributed by atoms with E-state index in [0.29, 0.717) is 17.9 Å². The second-order valence-electron chi connectivity index (χ2n) is 7.04. The first-order valence-electron chi connectivity index (χ1n) is 9.42. The lowest BCUT2D eigenvalue weighted by Crippen LogP contribution is -2.58. The van der Waals surface area contributed by atoms with Crippen molar-refractivity contribution in [2.24, 2.45) is 11.7 Å². The van der Waals surface area contributed by atoms with Gasteiger partial charge in [-0.2, -0.15) is 23.5 Å². The van der Waals surface area contributed by atoms with Gasteiger partial charge in [0.05, 0.1) is 6.04 Å². The fraction of sp³-hybridized carbons (Fsp3) is 0.778. The summed E-state index contributed by atoms with van der Waals surface area (Å²) >= 11 is 3.01. The monoisotopic (exact) mass is 450 g/mol. The van der Waals surface area contributed by atoms with Crippen LogP contribution >= 0.6 is 23.5 Å². The number of amides is 3. The first-order chi connectivity index (χ1) is 13.5. The summed E-state index contributed by atoms with van der Waals surface area (Å²) in [6.45, 7) is 5.02. The smallest absolute Gasteiger partial charge is 0.326 e. The molecule has 29 heavy (non-hydrogen) atoms. The summed E-state index contributed by atoms with van der Waals surface area (Å²) in [5.74, 6) is -1.72. The maximum absolute atomic E-state index is 12.7. The van der Waals surface area contributed by atoms with E-state index in [1.165, 1.54) is 30.4 Å². The Morgan fingerprint density at radius 3 is 1.72 bits per heavy atom. The average molecular weight is 451 g/mol. The summed E-state index contributed by atoms with van der Waals surface area (Å²) < 4.78 is 0. The van der Waals surface area contributed by atoms with Gasteiger partial charge < -0.3 is 26.8 Å². The minimum Gasteiger partial charge on any atom is -0.480 e. The zero-order valence-corrected chi connectivity index (χ0v) is 19.3. The van der Waals surface area contributed by atoms with Crippen LogP contribution in [0.5, 0.6) is 0 Å². The van der Waals surface area contributed by atoms with Crippen LogP contribution in [-0.2, 0) is 19.2 Å². The standard InChI is InChI=1S/C18H34N4O5S2/c1-10(2)14(17(25)21-13(18(26)27)7-9-29-5)22-16(24)12(6-8-28-4)20-15(23)11(3)19/h10-14H,6-9,19H2,1-5H3,(H,20,23)(H,21,25)(H,22,24)(H,26,27). The van der Waals surface area contributed by atoms with Crippen molar-refractivity contribution >= 4 is 47.2 Å². The van der Waals surface area contributed by atoms with Crippen LogP contribution in [0.2, 0.25) is 0 Å². The normalized spacial score (nSPS) is 15.1. The SMILES string of the molecule is CSCCC(NC(=O)C(NC(=O)C(CCSC)NC(=O)C(C)N)C(C)C)C(=O)O. The van der Waals surface area contributed by atoms with Crippen LogP contribution in [0.1, 0.15) is 33.6 Å². The third-order valence-electron chi connectivity index (χ3n) is 4.13. The Hall–Kier alpha value is -1.46. The molecular weight excluding hydrogens is 416 g/mol. The predicted octanol–water partition coefficient (Wildman–Crippen LogP) is 0.0348. The molecule has 0 fully saturated rings. The minimum absolute atomic E-state index is 0.278. The van der Waals surface area contributed by atoms with Crippen molar-refractivity contribution in [3.63, 3.8) is 0 Å². The Labute approximate surface area is 181 Å². The molecule has 0 spiro atoms. The van der Waals surface area contributed by atoms with Gasteiger partial charge in [0, 0.05) is 0 Å². The van der Waals surface area contributed by atoms with E-state index in [-0.39, 0.29) is 12.3 Å². The molecule has 6 N–H and O–H groups in total. The molecule has 4 unspecified atom stereocenters. The summed E-state index contributed by atoms with van der Waals surface area (Å²) in [7, 11) is 0. The van der Waals surface area contributed by atoms with E-state index < -0.39 is 47.9 Å². The van der Waals surface area contributed by atoms with Gasteiger partial charge in [0.2, 0.25) is 17.7 Å². The van der Waals surface area contributed by atoms with Crippen LogP contribution in [0.15, 0.2) is 0 Å². The highest BCUT2D eigenvalue weighted by Gasteiger charge is 2.31. The van der Waals surface area contributed by atoms with Gasteiger partial charge in [-0.15, -0.1) is 0 Å². The van der Waals surface area contributed by atoms with Crippen molar-refractivity contribution in [1.82, 2.24) is 16.0 Å². The quantitative estimate of drug-likeness (QED) is 0.249. The highest BCUT2D eigenvalue weighted by atomic mass is 32.2. The molecule has 168 valence electrons. The number of carbonyl (C=O) groups excluding carboxylic acids is 3. The molecule has 0 aromatic carbocycles. The first-order valence-corrected chi connectivity index (χ1v) is 12.2. The third kappa shape index (κ3) is 10.8. The Kier molecular flexibility index (Phi) is 13.8. The fourth-order valence-electron chi connectivity index (χ4n) is 2.35. The zero-order valence-electron chi connectivity index (χ0n) is 17.7. The first kappa shape index (κ1) is 27.5. The van der Waals surface area contributed by atoms with Gasteiger partial charge in [0.1, 0.15) is 18.1 Å². The van der Waals surface area contributed by atoms with Crippen LogP contribution in [-0.4, -0.2) is 77.0 Å². The molecule has 0 aliphatic carbocycles. The van der Waals surface area contributed by atoms with Crippen LogP contribution < -0.4 is 21.7 Å². The molecule has 0 bridgehead atoms. The average Bonchev–Trinajstić information content (AvgIpc) is 2.64. The number of rotatable bonds is 14. The minimum atomic E-state index is -1.12. The Bertz CT molecular complexity index is 560. The fourth-order valence-corrected chi connectivity index (χ4v) is 3.29. The largest absolute Gasteiger partial charge is 0.480 e. The van der Waals surface area contributed by atoms with Gasteiger partial charge in [-0.1, -0.05) is 13.8 Å². The van der Waals surface area contributed by atoms with E-state index in [2.05, 4.69) is 16.0 Å². The van der Waals surface area contributed by atoms with Gasteiger partial charge in [0.15, 0.2) is 0 Å². The van der Waals surface area contributed by atoms with Gasteiger partial charge in [-0.05, 0) is 49.7 Å². The highest BCUT2D eigenvalue weighted by Crippen LogP contribution is 2.08. The highest BCUT2D eigenvalue weighted by molar-refractivity contribution is 7.98. The number of nitrogens with two attached hydrogens (primary N) is 1. The van der Waals surface area contributed by atoms with E-state index >= 15 is 0 Å². The van der Waals surface area contributed by atoms with Gasteiger partial charge in [0.25, 0.3) is 0 Å². The topological polar surface area (TPSA) is 151 Å². The lowest BCUT2D eigenvalue weighted by Gasteiger charge is -2.27. The van der Waals surface area contributed by atoms with Crippen LogP contribution in [0.25, 0.3) is 0 Å². The molecule has 0 aliphatic heterocycles. The summed E-state index contributed by atoms with van der Waals surface area (Å²) in [6, 6.07) is -3.56. The number of aliphatic carboxylic acids is 1. The van der Waals surface area contributed by atoms with Crippen molar-refractivity contribution < 1.29 is 24.3 Å². The number of carboxylic acid groups (broad SMARTS) is 1. The molecule has 9 nitrogen and oxygen atoms in total. The number of hydrogen-bond donors (Lipinski definition) is 5. The predicted molar refractivity (Wildman–Crippen MR) is 118 cm³/mol. The second-order valence-corrected chi connectivity index (χ2v) is 9.01. The van der Waals surface area contributed by atoms with Crippen molar-refractivity contribution in [3.8, 4) is 0 Å². The molecule has 0 saturated heterocycles. The molecule has 0 heterocycles. The van der Waals surface area contributed by atoms with E-state index in [1.54, 1.807) is 13.8 Å². The Morgan fingerprint density at radius 1 is 0.828 bits per heavy atom. The number of thioether (sulfide) groups is 2.